The van der Waals surface area contributed by atoms with E-state index in [-0.39, 0.29) is 44.9 Å². The fourth-order valence-corrected chi connectivity index (χ4v) is 7.07. The summed E-state index contributed by atoms with van der Waals surface area (Å²) < 4.78 is 31.4. The molecule has 0 saturated carbocycles. The van der Waals surface area contributed by atoms with Crippen LogP contribution in [0.25, 0.3) is 0 Å². The second kappa shape index (κ2) is 30.3. The lowest BCUT2D eigenvalue weighted by Crippen LogP contribution is -2.35. The number of unbranched alkanes of at least 4 members (excludes halogenated alkanes) is 15. The standard InChI is InChI=1S/C38H67N2O6P/c1-6-7-8-9-10-11-12-13-14-15-16-17-18-19-20-24-29-42-32-37(46-38(41)43-31-36-26-22-21-23-27-36)33-45-47(44-30-25-28-39)40(34(2)3)35(4)5/h21-23,26-27,34-35,37H,6-20,24-25,29-33H2,1-5H3/t37-,47?/m0/s1. The molecule has 1 unspecified atom stereocenters. The highest BCUT2D eigenvalue weighted by molar-refractivity contribution is 7.44. The summed E-state index contributed by atoms with van der Waals surface area (Å²) in [4.78, 5) is 12.6. The fraction of sp³-hybridized carbons (Fsp3) is 0.789. The van der Waals surface area contributed by atoms with Gasteiger partial charge < -0.3 is 23.3 Å². The Morgan fingerprint density at radius 2 is 1.28 bits per heavy atom. The molecule has 0 aliphatic carbocycles. The molecule has 1 aromatic rings. The molecule has 0 fully saturated rings. The Hall–Kier alpha value is -1.75. The van der Waals surface area contributed by atoms with Crippen LogP contribution < -0.4 is 0 Å². The first-order chi connectivity index (χ1) is 22.9. The van der Waals surface area contributed by atoms with Gasteiger partial charge >= 0.3 is 6.16 Å². The van der Waals surface area contributed by atoms with E-state index in [4.69, 9.17) is 28.5 Å². The lowest BCUT2D eigenvalue weighted by Gasteiger charge is -2.36. The maximum atomic E-state index is 12.6. The highest BCUT2D eigenvalue weighted by atomic mass is 31.2. The van der Waals surface area contributed by atoms with Crippen molar-refractivity contribution in [3.8, 4) is 6.07 Å². The highest BCUT2D eigenvalue weighted by Gasteiger charge is 2.29. The molecule has 0 aromatic heterocycles. The SMILES string of the molecule is CCCCCCCCCCCCCCCCCCOC[C@@H](COP(OCCC#N)N(C(C)C)C(C)C)OC(=O)OCc1ccccc1. The van der Waals surface area contributed by atoms with Gasteiger partial charge in [-0.3, -0.25) is 0 Å². The van der Waals surface area contributed by atoms with Crippen molar-refractivity contribution in [1.29, 1.82) is 5.26 Å². The molecule has 0 amide bonds. The number of nitrogens with zero attached hydrogens (tertiary/aromatic N) is 2. The zero-order valence-corrected chi connectivity index (χ0v) is 31.4. The molecule has 0 N–H and O–H groups in total. The average molecular weight is 679 g/mol. The van der Waals surface area contributed by atoms with Crippen LogP contribution in [0, 0.1) is 11.3 Å². The summed E-state index contributed by atoms with van der Waals surface area (Å²) in [6.07, 6.45) is 20.1. The maximum absolute atomic E-state index is 12.6. The van der Waals surface area contributed by atoms with Gasteiger partial charge in [-0.25, -0.2) is 9.46 Å². The number of ether oxygens (including phenoxy) is 3. The third-order valence-electron chi connectivity index (χ3n) is 7.94. The van der Waals surface area contributed by atoms with Crippen molar-refractivity contribution in [2.75, 3.05) is 26.4 Å². The van der Waals surface area contributed by atoms with Crippen LogP contribution in [-0.2, 0) is 29.9 Å². The van der Waals surface area contributed by atoms with Crippen LogP contribution in [-0.4, -0.2) is 55.4 Å². The molecule has 0 heterocycles. The van der Waals surface area contributed by atoms with Gasteiger partial charge in [-0.15, -0.1) is 0 Å². The molecule has 47 heavy (non-hydrogen) atoms. The van der Waals surface area contributed by atoms with Crippen LogP contribution in [0.1, 0.15) is 149 Å². The summed E-state index contributed by atoms with van der Waals surface area (Å²) in [6, 6.07) is 12.0. The van der Waals surface area contributed by atoms with Gasteiger partial charge in [-0.05, 0) is 39.7 Å². The van der Waals surface area contributed by atoms with E-state index in [9.17, 15) is 4.79 Å². The molecule has 2 atom stereocenters. The molecular weight excluding hydrogens is 611 g/mol. The Balaban J connectivity index is 2.40. The van der Waals surface area contributed by atoms with Gasteiger partial charge in [0.25, 0.3) is 8.53 Å². The molecule has 270 valence electrons. The first-order valence-electron chi connectivity index (χ1n) is 18.5. The van der Waals surface area contributed by atoms with Gasteiger partial charge in [0.05, 0.1) is 32.3 Å². The number of carbonyl (C=O) groups excluding carboxylic acids is 1. The molecule has 0 radical (unpaired) electrons. The Morgan fingerprint density at radius 3 is 1.79 bits per heavy atom. The number of rotatable bonds is 31. The first-order valence-corrected chi connectivity index (χ1v) is 19.7. The normalized spacial score (nSPS) is 12.8. The topological polar surface area (TPSA) is 90.3 Å². The third-order valence-corrected chi connectivity index (χ3v) is 10.0. The summed E-state index contributed by atoms with van der Waals surface area (Å²) in [5.74, 6) is 0. The molecule has 9 heteroatoms. The van der Waals surface area contributed by atoms with Crippen LogP contribution >= 0.6 is 8.53 Å². The Labute approximate surface area is 289 Å². The summed E-state index contributed by atoms with van der Waals surface area (Å²) in [5, 5.41) is 9.00. The van der Waals surface area contributed by atoms with Gasteiger partial charge in [-0.1, -0.05) is 134 Å². The van der Waals surface area contributed by atoms with Gasteiger partial charge in [0, 0.05) is 18.7 Å². The molecule has 0 spiro atoms. The number of hydrogen-bond acceptors (Lipinski definition) is 8. The quantitative estimate of drug-likeness (QED) is 0.0435. The molecule has 8 nitrogen and oxygen atoms in total. The summed E-state index contributed by atoms with van der Waals surface area (Å²) in [5.41, 5.74) is 0.885. The van der Waals surface area contributed by atoms with Crippen LogP contribution in [0.15, 0.2) is 30.3 Å². The predicted molar refractivity (Wildman–Crippen MR) is 193 cm³/mol. The van der Waals surface area contributed by atoms with Crippen molar-refractivity contribution in [2.24, 2.45) is 0 Å². The number of benzene rings is 1. The van der Waals surface area contributed by atoms with Crippen molar-refractivity contribution in [3.05, 3.63) is 35.9 Å². The highest BCUT2D eigenvalue weighted by Crippen LogP contribution is 2.46. The summed E-state index contributed by atoms with van der Waals surface area (Å²) >= 11 is 0. The monoisotopic (exact) mass is 678 g/mol. The zero-order chi connectivity index (χ0) is 34.4. The number of nitriles is 1. The molecule has 1 aromatic carbocycles. The second-order valence-corrected chi connectivity index (χ2v) is 14.4. The lowest BCUT2D eigenvalue weighted by atomic mass is 10.0. The molecule has 0 aliphatic heterocycles. The van der Waals surface area contributed by atoms with Gasteiger partial charge in [-0.2, -0.15) is 5.26 Å². The molecule has 1 rings (SSSR count). The zero-order valence-electron chi connectivity index (χ0n) is 30.5. The molecule has 0 saturated heterocycles. The molecule has 0 aliphatic rings. The predicted octanol–water partition coefficient (Wildman–Crippen LogP) is 11.3. The van der Waals surface area contributed by atoms with Crippen molar-refractivity contribution in [2.45, 2.75) is 169 Å². The molecular formula is C38H67N2O6P. The fourth-order valence-electron chi connectivity index (χ4n) is 5.43. The van der Waals surface area contributed by atoms with Crippen molar-refractivity contribution in [3.63, 3.8) is 0 Å². The summed E-state index contributed by atoms with van der Waals surface area (Å²) in [7, 11) is -1.46. The third kappa shape index (κ3) is 24.1. The Kier molecular flexibility index (Phi) is 27.9. The van der Waals surface area contributed by atoms with Crippen molar-refractivity contribution < 1.29 is 28.1 Å². The second-order valence-electron chi connectivity index (χ2n) is 13.0. The maximum Gasteiger partial charge on any atom is 0.509 e. The van der Waals surface area contributed by atoms with E-state index in [0.717, 1.165) is 18.4 Å². The van der Waals surface area contributed by atoms with Gasteiger partial charge in [0.1, 0.15) is 6.61 Å². The van der Waals surface area contributed by atoms with Gasteiger partial charge in [0.15, 0.2) is 6.10 Å². The van der Waals surface area contributed by atoms with Crippen molar-refractivity contribution in [1.82, 2.24) is 4.67 Å². The van der Waals surface area contributed by atoms with E-state index >= 15 is 0 Å². The summed E-state index contributed by atoms with van der Waals surface area (Å²) in [6.45, 7) is 11.9. The number of hydrogen-bond donors (Lipinski definition) is 0. The van der Waals surface area contributed by atoms with E-state index in [2.05, 4.69) is 45.4 Å². The van der Waals surface area contributed by atoms with E-state index in [1.807, 2.05) is 30.3 Å². The Morgan fingerprint density at radius 1 is 0.745 bits per heavy atom. The number of carbonyl (C=O) groups is 1. The average Bonchev–Trinajstić information content (AvgIpc) is 3.05. The minimum Gasteiger partial charge on any atom is -0.429 e. The smallest absolute Gasteiger partial charge is 0.429 e. The molecule has 0 bridgehead atoms. The van der Waals surface area contributed by atoms with E-state index in [0.29, 0.717) is 6.61 Å². The van der Waals surface area contributed by atoms with Crippen molar-refractivity contribution >= 4 is 14.7 Å². The van der Waals surface area contributed by atoms with Crippen LogP contribution in [0.5, 0.6) is 0 Å². The van der Waals surface area contributed by atoms with E-state index in [1.54, 1.807) is 0 Å². The van der Waals surface area contributed by atoms with Crippen LogP contribution in [0.2, 0.25) is 0 Å². The lowest BCUT2D eigenvalue weighted by molar-refractivity contribution is -0.0368. The first kappa shape index (κ1) is 43.3. The van der Waals surface area contributed by atoms with Crippen LogP contribution in [0.3, 0.4) is 0 Å². The van der Waals surface area contributed by atoms with Crippen LogP contribution in [0.4, 0.5) is 4.79 Å². The minimum absolute atomic E-state index is 0.105. The largest absolute Gasteiger partial charge is 0.509 e. The Bertz CT molecular complexity index is 890. The van der Waals surface area contributed by atoms with Gasteiger partial charge in [0.2, 0.25) is 0 Å². The van der Waals surface area contributed by atoms with E-state index < -0.39 is 20.8 Å². The van der Waals surface area contributed by atoms with E-state index in [1.165, 1.54) is 89.9 Å². The minimum atomic E-state index is -1.46.